The molecule has 2 aliphatic rings. The molecule has 3 N–H and O–H groups in total. The Morgan fingerprint density at radius 3 is 2.45 bits per heavy atom. The second-order valence-electron chi connectivity index (χ2n) is 10.7. The molecule has 8 nitrogen and oxygen atoms in total. The molecule has 2 atom stereocenters. The second-order valence-corrected chi connectivity index (χ2v) is 11.2. The van der Waals surface area contributed by atoms with Crippen molar-refractivity contribution in [2.75, 3.05) is 18.4 Å². The smallest absolute Gasteiger partial charge is 0.389 e. The van der Waals surface area contributed by atoms with Gasteiger partial charge in [0.25, 0.3) is 11.8 Å². The molecule has 1 aliphatic heterocycles. The predicted octanol–water partition coefficient (Wildman–Crippen LogP) is 3.90. The summed E-state index contributed by atoms with van der Waals surface area (Å²) in [7, 11) is 0. The molecule has 1 aromatic rings. The molecule has 0 bridgehead atoms. The molecule has 2 fully saturated rings. The fourth-order valence-corrected chi connectivity index (χ4v) is 5.03. The van der Waals surface area contributed by atoms with Crippen molar-refractivity contribution in [2.24, 2.45) is 4.99 Å². The number of carbonyl (C=O) groups excluding carboxylic acids is 2. The Bertz CT molecular complexity index is 1080. The third-order valence-electron chi connectivity index (χ3n) is 6.83. The van der Waals surface area contributed by atoms with Gasteiger partial charge in [0.05, 0.1) is 21.7 Å². The molecule has 0 radical (unpaired) electrons. The average Bonchev–Trinajstić information content (AvgIpc) is 3.50. The van der Waals surface area contributed by atoms with Crippen LogP contribution in [0.3, 0.4) is 0 Å². The first-order valence-corrected chi connectivity index (χ1v) is 13.3. The van der Waals surface area contributed by atoms with E-state index in [1.54, 1.807) is 4.90 Å². The summed E-state index contributed by atoms with van der Waals surface area (Å²) in [6, 6.07) is -0.672. The van der Waals surface area contributed by atoms with Crippen LogP contribution in [0.1, 0.15) is 77.3 Å². The summed E-state index contributed by atoms with van der Waals surface area (Å²) in [5.41, 5.74) is -2.75. The van der Waals surface area contributed by atoms with Crippen molar-refractivity contribution in [1.82, 2.24) is 15.2 Å². The molecule has 0 aromatic carbocycles. The number of carbonyl (C=O) groups is 2. The van der Waals surface area contributed by atoms with Crippen LogP contribution in [0, 0.1) is 0 Å². The van der Waals surface area contributed by atoms with Crippen molar-refractivity contribution in [2.45, 2.75) is 96.1 Å². The van der Waals surface area contributed by atoms with Crippen molar-refractivity contribution in [1.29, 1.82) is 0 Å². The second kappa shape index (κ2) is 12.1. The van der Waals surface area contributed by atoms with Crippen molar-refractivity contribution in [3.63, 3.8) is 0 Å². The third-order valence-corrected chi connectivity index (χ3v) is 7.28. The van der Waals surface area contributed by atoms with Crippen LogP contribution in [0.25, 0.3) is 0 Å². The van der Waals surface area contributed by atoms with Crippen molar-refractivity contribution in [3.8, 4) is 0 Å². The number of anilines is 1. The van der Waals surface area contributed by atoms with Crippen molar-refractivity contribution >= 4 is 40.4 Å². The highest BCUT2D eigenvalue weighted by atomic mass is 32.1. The van der Waals surface area contributed by atoms with E-state index in [4.69, 9.17) is 12.2 Å². The van der Waals surface area contributed by atoms with E-state index < -0.39 is 40.8 Å². The maximum Gasteiger partial charge on any atom is 0.417 e. The normalized spacial score (nSPS) is 19.9. The van der Waals surface area contributed by atoms with Gasteiger partial charge in [-0.1, -0.05) is 25.1 Å². The lowest BCUT2D eigenvalue weighted by Crippen LogP contribution is -2.45. The molecule has 1 aliphatic carbocycles. The quantitative estimate of drug-likeness (QED) is 0.242. The molecule has 1 saturated heterocycles. The maximum atomic E-state index is 14.2. The summed E-state index contributed by atoms with van der Waals surface area (Å²) in [6.07, 6.45) is 1.50. The van der Waals surface area contributed by atoms with Crippen LogP contribution in [0.15, 0.2) is 17.3 Å². The fraction of sp³-hybridized carbons (Fsp3) is 0.654. The summed E-state index contributed by atoms with van der Waals surface area (Å²) in [4.78, 5) is 35.8. The zero-order valence-electron chi connectivity index (χ0n) is 22.2. The number of nitrogens with zero attached hydrogens (tertiary/aromatic N) is 3. The van der Waals surface area contributed by atoms with Gasteiger partial charge in [0.15, 0.2) is 6.04 Å². The first-order chi connectivity index (χ1) is 17.7. The van der Waals surface area contributed by atoms with Gasteiger partial charge in [-0.3, -0.25) is 14.6 Å². The number of likely N-dealkylation sites (tertiary alicyclic amines) is 1. The van der Waals surface area contributed by atoms with Gasteiger partial charge in [0.1, 0.15) is 5.82 Å². The average molecular weight is 556 g/mol. The number of hydrogen-bond acceptors (Lipinski definition) is 7. The summed E-state index contributed by atoms with van der Waals surface area (Å²) in [5.74, 6) is -1.12. The predicted molar refractivity (Wildman–Crippen MR) is 143 cm³/mol. The molecule has 2 amide bonds. The number of aromatic nitrogens is 1. The highest BCUT2D eigenvalue weighted by Crippen LogP contribution is 2.35. The highest BCUT2D eigenvalue weighted by Gasteiger charge is 2.40. The highest BCUT2D eigenvalue weighted by molar-refractivity contribution is 7.81. The van der Waals surface area contributed by atoms with E-state index in [1.807, 2.05) is 6.92 Å². The lowest BCUT2D eigenvalue weighted by molar-refractivity contribution is -0.138. The molecule has 1 saturated carbocycles. The Hall–Kier alpha value is -2.60. The van der Waals surface area contributed by atoms with E-state index in [-0.39, 0.29) is 35.0 Å². The van der Waals surface area contributed by atoms with E-state index in [9.17, 15) is 27.9 Å². The number of pyridine rings is 1. The Morgan fingerprint density at radius 1 is 1.24 bits per heavy atom. The lowest BCUT2D eigenvalue weighted by atomic mass is 10.00. The minimum Gasteiger partial charge on any atom is -0.389 e. The molecule has 1 aromatic heterocycles. The Balaban J connectivity index is 1.98. The topological polar surface area (TPSA) is 107 Å². The van der Waals surface area contributed by atoms with Gasteiger partial charge in [-0.25, -0.2) is 4.98 Å². The minimum atomic E-state index is -4.76. The standard InChI is InChI=1S/C26H36F3N5O3S/c1-15-8-7-11-34(15)24(36)21(32-16(2)23(35)31-14-25(3,4)37)22(38)18-13-30-20(12-19(18)26(27,28)29)33-17-9-5-6-10-17/h12-13,15,17,21,37H,5-11,14H2,1-4H3,(H,30,33)(H,31,35)/t15-,21?/m0/s1. The van der Waals surface area contributed by atoms with Gasteiger partial charge in [0, 0.05) is 36.9 Å². The zero-order chi connectivity index (χ0) is 28.3. The molecule has 1 unspecified atom stereocenters. The van der Waals surface area contributed by atoms with Gasteiger partial charge < -0.3 is 20.6 Å². The summed E-state index contributed by atoms with van der Waals surface area (Å²) in [5, 5.41) is 15.5. The number of aliphatic hydroxyl groups is 1. The van der Waals surface area contributed by atoms with E-state index in [0.29, 0.717) is 6.54 Å². The van der Waals surface area contributed by atoms with Gasteiger partial charge in [-0.05, 0) is 59.4 Å². The minimum absolute atomic E-state index is 0.0574. The Morgan fingerprint density at radius 2 is 1.89 bits per heavy atom. The number of nitrogens with one attached hydrogen (secondary N) is 2. The molecular formula is C26H36F3N5O3S. The summed E-state index contributed by atoms with van der Waals surface area (Å²) in [6.45, 7) is 6.56. The number of amides is 2. The van der Waals surface area contributed by atoms with Crippen LogP contribution in [-0.4, -0.2) is 74.2 Å². The third kappa shape index (κ3) is 7.72. The fourth-order valence-electron chi connectivity index (χ4n) is 4.71. The Kier molecular flexibility index (Phi) is 9.51. The van der Waals surface area contributed by atoms with E-state index in [0.717, 1.165) is 50.8 Å². The molecular weight excluding hydrogens is 519 g/mol. The van der Waals surface area contributed by atoms with Crippen LogP contribution in [-0.2, 0) is 15.8 Å². The van der Waals surface area contributed by atoms with Crippen LogP contribution < -0.4 is 10.6 Å². The SMILES string of the molecule is CC(=NC(C(=O)N1CCC[C@@H]1C)C(=S)c1cnc(NC2CCCC2)cc1C(F)(F)F)C(=O)NCC(C)(C)O. The molecule has 210 valence electrons. The van der Waals surface area contributed by atoms with Crippen LogP contribution in [0.5, 0.6) is 0 Å². The maximum absolute atomic E-state index is 14.2. The number of aliphatic imine (C=N–C) groups is 1. The number of halogens is 3. The van der Waals surface area contributed by atoms with Crippen molar-refractivity contribution < 1.29 is 27.9 Å². The molecule has 38 heavy (non-hydrogen) atoms. The monoisotopic (exact) mass is 555 g/mol. The molecule has 2 heterocycles. The van der Waals surface area contributed by atoms with Crippen LogP contribution >= 0.6 is 12.2 Å². The van der Waals surface area contributed by atoms with Gasteiger partial charge >= 0.3 is 6.18 Å². The number of thiocarbonyl (C=S) groups is 1. The van der Waals surface area contributed by atoms with E-state index >= 15 is 0 Å². The molecule has 12 heteroatoms. The van der Waals surface area contributed by atoms with E-state index in [2.05, 4.69) is 20.6 Å². The summed E-state index contributed by atoms with van der Waals surface area (Å²) < 4.78 is 42.6. The first kappa shape index (κ1) is 29.9. The zero-order valence-corrected chi connectivity index (χ0v) is 23.0. The van der Waals surface area contributed by atoms with E-state index in [1.165, 1.54) is 20.8 Å². The molecule has 3 rings (SSSR count). The number of rotatable bonds is 9. The van der Waals surface area contributed by atoms with Gasteiger partial charge in [0.2, 0.25) is 0 Å². The molecule has 0 spiro atoms. The number of alkyl halides is 3. The lowest BCUT2D eigenvalue weighted by Gasteiger charge is -2.27. The van der Waals surface area contributed by atoms with Gasteiger partial charge in [-0.2, -0.15) is 13.2 Å². The van der Waals surface area contributed by atoms with Crippen LogP contribution in [0.4, 0.5) is 19.0 Å². The summed E-state index contributed by atoms with van der Waals surface area (Å²) >= 11 is 5.48. The van der Waals surface area contributed by atoms with Crippen molar-refractivity contribution in [3.05, 3.63) is 23.4 Å². The van der Waals surface area contributed by atoms with Gasteiger partial charge in [-0.15, -0.1) is 0 Å². The Labute approximate surface area is 226 Å². The number of hydrogen-bond donors (Lipinski definition) is 3. The largest absolute Gasteiger partial charge is 0.417 e. The van der Waals surface area contributed by atoms with Crippen LogP contribution in [0.2, 0.25) is 0 Å². The first-order valence-electron chi connectivity index (χ1n) is 12.9.